The van der Waals surface area contributed by atoms with Crippen molar-refractivity contribution in [2.45, 2.75) is 0 Å². The number of benzene rings is 2. The lowest BCUT2D eigenvalue weighted by Gasteiger charge is -2.00. The van der Waals surface area contributed by atoms with Crippen molar-refractivity contribution in [3.8, 4) is 17.6 Å². The second-order valence-electron chi connectivity index (χ2n) is 5.33. The molecule has 0 radical (unpaired) electrons. The van der Waals surface area contributed by atoms with Crippen LogP contribution in [0.25, 0.3) is 6.08 Å². The standard InChI is InChI=1S/C18H12N4O5/c19-9-14(6-12-2-1-3-15(7-12)22(24)25)18(23)21-20-10-13-4-5-16-17(8-13)27-11-26-16/h1-8,10H,11H2,(H,21,23)/b14-6+,20-10+. The predicted molar refractivity (Wildman–Crippen MR) is 95.0 cm³/mol. The number of amides is 1. The van der Waals surface area contributed by atoms with E-state index in [4.69, 9.17) is 14.7 Å². The van der Waals surface area contributed by atoms with Gasteiger partial charge >= 0.3 is 0 Å². The number of hydrogen-bond donors (Lipinski definition) is 1. The minimum Gasteiger partial charge on any atom is -0.454 e. The van der Waals surface area contributed by atoms with Crippen molar-refractivity contribution in [1.29, 1.82) is 5.26 Å². The van der Waals surface area contributed by atoms with Crippen LogP contribution >= 0.6 is 0 Å². The Morgan fingerprint density at radius 3 is 2.81 bits per heavy atom. The maximum atomic E-state index is 12.1. The van der Waals surface area contributed by atoms with Crippen LogP contribution in [-0.2, 0) is 4.79 Å². The second kappa shape index (κ2) is 7.79. The van der Waals surface area contributed by atoms with Crippen LogP contribution in [0.3, 0.4) is 0 Å². The Morgan fingerprint density at radius 1 is 1.22 bits per heavy atom. The topological polar surface area (TPSA) is 127 Å². The summed E-state index contributed by atoms with van der Waals surface area (Å²) in [6, 6.07) is 12.5. The number of ether oxygens (including phenoxy) is 2. The Labute approximate surface area is 153 Å². The molecule has 9 heteroatoms. The van der Waals surface area contributed by atoms with Crippen LogP contribution < -0.4 is 14.9 Å². The van der Waals surface area contributed by atoms with E-state index in [0.717, 1.165) is 0 Å². The molecule has 1 aliphatic rings. The summed E-state index contributed by atoms with van der Waals surface area (Å²) in [6.07, 6.45) is 2.64. The Morgan fingerprint density at radius 2 is 2.04 bits per heavy atom. The zero-order valence-corrected chi connectivity index (χ0v) is 13.8. The molecule has 0 fully saturated rings. The number of hydrazone groups is 1. The number of fused-ring (bicyclic) bond motifs is 1. The van der Waals surface area contributed by atoms with Gasteiger partial charge < -0.3 is 9.47 Å². The maximum Gasteiger partial charge on any atom is 0.282 e. The molecule has 0 aromatic heterocycles. The third-order valence-corrected chi connectivity index (χ3v) is 3.53. The molecule has 1 N–H and O–H groups in total. The van der Waals surface area contributed by atoms with Crippen LogP contribution in [0.15, 0.2) is 53.1 Å². The van der Waals surface area contributed by atoms with Crippen molar-refractivity contribution in [3.05, 3.63) is 69.3 Å². The summed E-state index contributed by atoms with van der Waals surface area (Å²) in [6.45, 7) is 0.153. The zero-order valence-electron chi connectivity index (χ0n) is 13.8. The van der Waals surface area contributed by atoms with Gasteiger partial charge in [0.25, 0.3) is 11.6 Å². The molecule has 1 aliphatic heterocycles. The zero-order chi connectivity index (χ0) is 19.2. The molecule has 0 atom stereocenters. The number of hydrogen-bond acceptors (Lipinski definition) is 7. The molecule has 0 spiro atoms. The summed E-state index contributed by atoms with van der Waals surface area (Å²) in [5, 5.41) is 23.8. The molecule has 27 heavy (non-hydrogen) atoms. The van der Waals surface area contributed by atoms with Crippen molar-refractivity contribution in [3.63, 3.8) is 0 Å². The van der Waals surface area contributed by atoms with E-state index in [9.17, 15) is 14.9 Å². The van der Waals surface area contributed by atoms with E-state index in [-0.39, 0.29) is 18.1 Å². The maximum absolute atomic E-state index is 12.1. The molecular weight excluding hydrogens is 352 g/mol. The monoisotopic (exact) mass is 364 g/mol. The molecule has 3 rings (SSSR count). The molecular formula is C18H12N4O5. The molecule has 2 aromatic rings. The van der Waals surface area contributed by atoms with Crippen LogP contribution in [0, 0.1) is 21.4 Å². The summed E-state index contributed by atoms with van der Waals surface area (Å²) >= 11 is 0. The van der Waals surface area contributed by atoms with Crippen molar-refractivity contribution < 1.29 is 19.2 Å². The number of nitro benzene ring substituents is 1. The smallest absolute Gasteiger partial charge is 0.282 e. The molecule has 0 aliphatic carbocycles. The Bertz CT molecular complexity index is 1010. The van der Waals surface area contributed by atoms with Crippen LogP contribution in [0.5, 0.6) is 11.5 Å². The first-order valence-corrected chi connectivity index (χ1v) is 7.66. The van der Waals surface area contributed by atoms with Gasteiger partial charge in [-0.2, -0.15) is 10.4 Å². The first-order chi connectivity index (χ1) is 13.1. The van der Waals surface area contributed by atoms with Crippen molar-refractivity contribution in [1.82, 2.24) is 5.43 Å². The van der Waals surface area contributed by atoms with Gasteiger partial charge in [0.05, 0.1) is 11.1 Å². The summed E-state index contributed by atoms with van der Waals surface area (Å²) in [5.41, 5.74) is 2.89. The Balaban J connectivity index is 1.69. The highest BCUT2D eigenvalue weighted by atomic mass is 16.7. The third-order valence-electron chi connectivity index (χ3n) is 3.53. The number of non-ortho nitro benzene ring substituents is 1. The lowest BCUT2D eigenvalue weighted by atomic mass is 10.1. The number of nitrogens with one attached hydrogen (secondary N) is 1. The molecule has 9 nitrogen and oxygen atoms in total. The molecule has 0 saturated heterocycles. The van der Waals surface area contributed by atoms with E-state index < -0.39 is 10.8 Å². The fourth-order valence-electron chi connectivity index (χ4n) is 2.26. The predicted octanol–water partition coefficient (Wildman–Crippen LogP) is 2.38. The van der Waals surface area contributed by atoms with Crippen LogP contribution in [0.4, 0.5) is 5.69 Å². The molecule has 2 aromatic carbocycles. The van der Waals surface area contributed by atoms with Gasteiger partial charge in [-0.3, -0.25) is 14.9 Å². The van der Waals surface area contributed by atoms with Gasteiger partial charge in [-0.25, -0.2) is 5.43 Å². The Hall–Kier alpha value is -4.19. The van der Waals surface area contributed by atoms with E-state index in [1.807, 2.05) is 0 Å². The third kappa shape index (κ3) is 4.26. The Kier molecular flexibility index (Phi) is 5.09. The highest BCUT2D eigenvalue weighted by Crippen LogP contribution is 2.31. The van der Waals surface area contributed by atoms with E-state index in [1.165, 1.54) is 30.5 Å². The molecule has 1 amide bonds. The van der Waals surface area contributed by atoms with Crippen LogP contribution in [0.2, 0.25) is 0 Å². The van der Waals surface area contributed by atoms with Gasteiger partial charge in [0.15, 0.2) is 11.5 Å². The lowest BCUT2D eigenvalue weighted by molar-refractivity contribution is -0.384. The van der Waals surface area contributed by atoms with Gasteiger partial charge in [0, 0.05) is 12.1 Å². The van der Waals surface area contributed by atoms with Crippen LogP contribution in [-0.4, -0.2) is 23.8 Å². The second-order valence-corrected chi connectivity index (χ2v) is 5.33. The molecule has 0 saturated carbocycles. The van der Waals surface area contributed by atoms with Gasteiger partial charge in [-0.15, -0.1) is 0 Å². The molecule has 0 unspecified atom stereocenters. The quantitative estimate of drug-likeness (QED) is 0.285. The number of carbonyl (C=O) groups excluding carboxylic acids is 1. The van der Waals surface area contributed by atoms with Gasteiger partial charge in [-0.05, 0) is 35.4 Å². The largest absolute Gasteiger partial charge is 0.454 e. The molecule has 134 valence electrons. The van der Waals surface area contributed by atoms with E-state index in [2.05, 4.69) is 10.5 Å². The number of nitriles is 1. The van der Waals surface area contributed by atoms with Crippen molar-refractivity contribution in [2.24, 2.45) is 5.10 Å². The first-order valence-electron chi connectivity index (χ1n) is 7.66. The van der Waals surface area contributed by atoms with Gasteiger partial charge in [0.2, 0.25) is 6.79 Å². The van der Waals surface area contributed by atoms with Crippen molar-refractivity contribution >= 4 is 23.9 Å². The van der Waals surface area contributed by atoms with Crippen molar-refractivity contribution in [2.75, 3.05) is 6.79 Å². The molecule has 0 bridgehead atoms. The number of carbonyl (C=O) groups is 1. The average Bonchev–Trinajstić information content (AvgIpc) is 3.14. The lowest BCUT2D eigenvalue weighted by Crippen LogP contribution is -2.19. The highest BCUT2D eigenvalue weighted by molar-refractivity contribution is 6.02. The number of rotatable bonds is 5. The number of nitro groups is 1. The first kappa shape index (κ1) is 17.6. The van der Waals surface area contributed by atoms with E-state index in [1.54, 1.807) is 30.3 Å². The summed E-state index contributed by atoms with van der Waals surface area (Å²) in [5.74, 6) is 0.470. The SMILES string of the molecule is N#C/C(=C\c1cccc([N+](=O)[O-])c1)C(=O)N/N=C/c1ccc2c(c1)OCO2. The molecule has 1 heterocycles. The average molecular weight is 364 g/mol. The summed E-state index contributed by atoms with van der Waals surface area (Å²) in [4.78, 5) is 22.3. The van der Waals surface area contributed by atoms with E-state index >= 15 is 0 Å². The fourth-order valence-corrected chi connectivity index (χ4v) is 2.26. The normalized spacial score (nSPS) is 12.6. The summed E-state index contributed by atoms with van der Waals surface area (Å²) < 4.78 is 10.4. The van der Waals surface area contributed by atoms with Gasteiger partial charge in [0.1, 0.15) is 11.6 Å². The van der Waals surface area contributed by atoms with Crippen LogP contribution in [0.1, 0.15) is 11.1 Å². The van der Waals surface area contributed by atoms with E-state index in [0.29, 0.717) is 22.6 Å². The minimum atomic E-state index is -0.735. The number of nitrogens with zero attached hydrogens (tertiary/aromatic N) is 3. The fraction of sp³-hybridized carbons (Fsp3) is 0.0556. The minimum absolute atomic E-state index is 0.137. The summed E-state index contributed by atoms with van der Waals surface area (Å²) in [7, 11) is 0. The van der Waals surface area contributed by atoms with Gasteiger partial charge in [-0.1, -0.05) is 12.1 Å². The highest BCUT2D eigenvalue weighted by Gasteiger charge is 2.13.